The highest BCUT2D eigenvalue weighted by atomic mass is 32.1. The molecule has 34 heavy (non-hydrogen) atoms. The van der Waals surface area contributed by atoms with Crippen LogP contribution in [0.3, 0.4) is 0 Å². The second-order valence-electron chi connectivity index (χ2n) is 10.2. The molecule has 0 radical (unpaired) electrons. The van der Waals surface area contributed by atoms with E-state index in [0.29, 0.717) is 31.0 Å². The SMILES string of the molecule is CN(CC(=O)N1CCCC1)[C@H]1CC[C@H](Nc2ncnc3sc4c(c23)[C@@H](CCC(N)=O)CC4)CC1. The van der Waals surface area contributed by atoms with E-state index in [-0.39, 0.29) is 11.8 Å². The lowest BCUT2D eigenvalue weighted by Gasteiger charge is -2.35. The molecule has 2 aromatic rings. The smallest absolute Gasteiger partial charge is 0.236 e. The minimum absolute atomic E-state index is 0.230. The number of primary amides is 1. The van der Waals surface area contributed by atoms with Crippen molar-refractivity contribution in [1.82, 2.24) is 19.8 Å². The summed E-state index contributed by atoms with van der Waals surface area (Å²) in [6.45, 7) is 2.38. The highest BCUT2D eigenvalue weighted by Crippen LogP contribution is 2.47. The first kappa shape index (κ1) is 23.5. The van der Waals surface area contributed by atoms with Crippen molar-refractivity contribution in [2.24, 2.45) is 5.73 Å². The Morgan fingerprint density at radius 2 is 1.94 bits per heavy atom. The molecule has 1 saturated carbocycles. The van der Waals surface area contributed by atoms with Gasteiger partial charge in [0, 0.05) is 36.5 Å². The standard InChI is InChI=1S/C25H36N6O2S/c1-30(14-21(33)31-12-2-3-13-31)18-8-6-17(7-9-18)29-24-23-22-16(5-11-20(26)32)4-10-19(22)34-25(23)28-15-27-24/h15-18H,2-14H2,1H3,(H2,26,32)(H,27,28,29)/t16-,17-,18-/m1/s1. The molecular weight excluding hydrogens is 448 g/mol. The third-order valence-corrected chi connectivity index (χ3v) is 9.15. The van der Waals surface area contributed by atoms with Gasteiger partial charge in [-0.3, -0.25) is 14.5 Å². The summed E-state index contributed by atoms with van der Waals surface area (Å²) in [5.74, 6) is 1.35. The van der Waals surface area contributed by atoms with Gasteiger partial charge in [0.05, 0.1) is 11.9 Å². The van der Waals surface area contributed by atoms with Gasteiger partial charge in [0.1, 0.15) is 17.0 Å². The van der Waals surface area contributed by atoms with E-state index in [9.17, 15) is 9.59 Å². The summed E-state index contributed by atoms with van der Waals surface area (Å²) in [6.07, 6.45) is 11.6. The average Bonchev–Trinajstić information content (AvgIpc) is 3.56. The van der Waals surface area contributed by atoms with E-state index in [1.54, 1.807) is 17.7 Å². The van der Waals surface area contributed by atoms with Crippen molar-refractivity contribution in [3.63, 3.8) is 0 Å². The molecule has 1 saturated heterocycles. The molecule has 5 rings (SSSR count). The predicted octanol–water partition coefficient (Wildman–Crippen LogP) is 3.26. The summed E-state index contributed by atoms with van der Waals surface area (Å²) in [5.41, 5.74) is 6.77. The third kappa shape index (κ3) is 4.91. The van der Waals surface area contributed by atoms with E-state index < -0.39 is 0 Å². The number of hydrogen-bond acceptors (Lipinski definition) is 7. The first-order chi connectivity index (χ1) is 16.5. The van der Waals surface area contributed by atoms with Crippen molar-refractivity contribution in [3.05, 3.63) is 16.8 Å². The highest BCUT2D eigenvalue weighted by Gasteiger charge is 2.31. The maximum atomic E-state index is 12.5. The van der Waals surface area contributed by atoms with Crippen molar-refractivity contribution in [2.75, 3.05) is 32.0 Å². The van der Waals surface area contributed by atoms with Gasteiger partial charge in [0.15, 0.2) is 0 Å². The first-order valence-electron chi connectivity index (χ1n) is 12.8. The molecule has 0 aromatic carbocycles. The van der Waals surface area contributed by atoms with Gasteiger partial charge in [-0.05, 0) is 76.3 Å². The lowest BCUT2D eigenvalue weighted by atomic mass is 9.90. The van der Waals surface area contributed by atoms with Crippen molar-refractivity contribution in [3.8, 4) is 0 Å². The Hall–Kier alpha value is -2.26. The maximum Gasteiger partial charge on any atom is 0.236 e. The van der Waals surface area contributed by atoms with E-state index in [4.69, 9.17) is 5.73 Å². The van der Waals surface area contributed by atoms with E-state index in [0.717, 1.165) is 86.9 Å². The van der Waals surface area contributed by atoms with Gasteiger partial charge in [0.25, 0.3) is 0 Å². The number of nitrogens with two attached hydrogens (primary N) is 1. The Kier molecular flexibility index (Phi) is 7.01. The van der Waals surface area contributed by atoms with Crippen LogP contribution in [0, 0.1) is 0 Å². The summed E-state index contributed by atoms with van der Waals surface area (Å²) in [5, 5.41) is 4.90. The summed E-state index contributed by atoms with van der Waals surface area (Å²) >= 11 is 1.77. The number of anilines is 1. The monoisotopic (exact) mass is 484 g/mol. The number of nitrogens with one attached hydrogen (secondary N) is 1. The second kappa shape index (κ2) is 10.2. The second-order valence-corrected chi connectivity index (χ2v) is 11.3. The van der Waals surface area contributed by atoms with Crippen LogP contribution in [0.25, 0.3) is 10.2 Å². The van der Waals surface area contributed by atoms with Crippen LogP contribution in [0.4, 0.5) is 5.82 Å². The highest BCUT2D eigenvalue weighted by molar-refractivity contribution is 7.19. The molecule has 2 fully saturated rings. The normalized spacial score (nSPS) is 24.6. The van der Waals surface area contributed by atoms with Crippen LogP contribution < -0.4 is 11.1 Å². The largest absolute Gasteiger partial charge is 0.370 e. The molecule has 3 aliphatic rings. The fourth-order valence-electron chi connectivity index (χ4n) is 6.05. The number of rotatable bonds is 8. The number of aryl methyl sites for hydroxylation is 1. The van der Waals surface area contributed by atoms with E-state index in [1.165, 1.54) is 10.4 Å². The lowest BCUT2D eigenvalue weighted by Crippen LogP contribution is -2.44. The number of likely N-dealkylation sites (tertiary alicyclic amines) is 1. The van der Waals surface area contributed by atoms with Crippen LogP contribution in [0.1, 0.15) is 74.1 Å². The van der Waals surface area contributed by atoms with E-state index in [2.05, 4.69) is 27.2 Å². The Labute approximate surface area is 205 Å². The molecule has 8 nitrogen and oxygen atoms in total. The maximum absolute atomic E-state index is 12.5. The Balaban J connectivity index is 1.22. The van der Waals surface area contributed by atoms with Crippen molar-refractivity contribution < 1.29 is 9.59 Å². The van der Waals surface area contributed by atoms with Crippen molar-refractivity contribution in [1.29, 1.82) is 0 Å². The zero-order valence-electron chi connectivity index (χ0n) is 20.1. The van der Waals surface area contributed by atoms with Gasteiger partial charge in [-0.15, -0.1) is 11.3 Å². The number of thiophene rings is 1. The molecule has 3 heterocycles. The van der Waals surface area contributed by atoms with Gasteiger partial charge in [-0.1, -0.05) is 0 Å². The number of nitrogens with zero attached hydrogens (tertiary/aromatic N) is 4. The van der Waals surface area contributed by atoms with Crippen LogP contribution >= 0.6 is 11.3 Å². The molecule has 1 aliphatic heterocycles. The minimum Gasteiger partial charge on any atom is -0.370 e. The Morgan fingerprint density at radius 3 is 2.68 bits per heavy atom. The van der Waals surface area contributed by atoms with Gasteiger partial charge in [0.2, 0.25) is 11.8 Å². The number of fused-ring (bicyclic) bond motifs is 3. The first-order valence-corrected chi connectivity index (χ1v) is 13.6. The predicted molar refractivity (Wildman–Crippen MR) is 135 cm³/mol. The van der Waals surface area contributed by atoms with Crippen LogP contribution in [0.2, 0.25) is 0 Å². The number of carbonyl (C=O) groups excluding carboxylic acids is 2. The van der Waals surface area contributed by atoms with Gasteiger partial charge in [-0.25, -0.2) is 9.97 Å². The number of carbonyl (C=O) groups is 2. The Morgan fingerprint density at radius 1 is 1.18 bits per heavy atom. The summed E-state index contributed by atoms with van der Waals surface area (Å²) in [6, 6.07) is 0.830. The molecule has 3 N–H and O–H groups in total. The number of hydrogen-bond donors (Lipinski definition) is 2. The Bertz CT molecular complexity index is 1040. The number of aromatic nitrogens is 2. The molecule has 0 unspecified atom stereocenters. The molecule has 0 bridgehead atoms. The number of amides is 2. The molecule has 2 aliphatic carbocycles. The van der Waals surface area contributed by atoms with Crippen LogP contribution in [0.5, 0.6) is 0 Å². The zero-order valence-corrected chi connectivity index (χ0v) is 20.9. The van der Waals surface area contributed by atoms with Crippen LogP contribution in [0.15, 0.2) is 6.33 Å². The van der Waals surface area contributed by atoms with E-state index in [1.807, 2.05) is 4.90 Å². The van der Waals surface area contributed by atoms with E-state index >= 15 is 0 Å². The fourth-order valence-corrected chi connectivity index (χ4v) is 7.29. The van der Waals surface area contributed by atoms with Crippen molar-refractivity contribution >= 4 is 39.2 Å². The average molecular weight is 485 g/mol. The molecule has 184 valence electrons. The quantitative estimate of drug-likeness (QED) is 0.596. The minimum atomic E-state index is -0.230. The molecule has 9 heteroatoms. The summed E-state index contributed by atoms with van der Waals surface area (Å²) in [4.78, 5) is 39.8. The third-order valence-electron chi connectivity index (χ3n) is 7.97. The molecule has 2 amide bonds. The summed E-state index contributed by atoms with van der Waals surface area (Å²) in [7, 11) is 2.10. The fraction of sp³-hybridized carbons (Fsp3) is 0.680. The molecular formula is C25H36N6O2S. The van der Waals surface area contributed by atoms with Gasteiger partial charge < -0.3 is 16.0 Å². The topological polar surface area (TPSA) is 104 Å². The van der Waals surface area contributed by atoms with Crippen LogP contribution in [-0.4, -0.2) is 70.3 Å². The molecule has 2 aromatic heterocycles. The van der Waals surface area contributed by atoms with Crippen LogP contribution in [-0.2, 0) is 16.0 Å². The zero-order chi connectivity index (χ0) is 23.7. The van der Waals surface area contributed by atoms with Gasteiger partial charge in [-0.2, -0.15) is 0 Å². The van der Waals surface area contributed by atoms with Gasteiger partial charge >= 0.3 is 0 Å². The molecule has 1 atom stereocenters. The molecule has 0 spiro atoms. The number of likely N-dealkylation sites (N-methyl/N-ethyl adjacent to an activating group) is 1. The van der Waals surface area contributed by atoms with Crippen molar-refractivity contribution in [2.45, 2.75) is 82.2 Å². The summed E-state index contributed by atoms with van der Waals surface area (Å²) < 4.78 is 0. The lowest BCUT2D eigenvalue weighted by molar-refractivity contribution is -0.131.